The number of anilines is 1. The smallest absolute Gasteiger partial charge is 0.258 e. The van der Waals surface area contributed by atoms with Gasteiger partial charge in [0.05, 0.1) is 12.3 Å². The maximum absolute atomic E-state index is 12.0. The van der Waals surface area contributed by atoms with Crippen molar-refractivity contribution in [3.8, 4) is 5.75 Å². The van der Waals surface area contributed by atoms with Gasteiger partial charge in [0, 0.05) is 10.2 Å². The SMILES string of the molecule is C[C@@H](NC(=O)COc1ccc(Br)cc1)c1cccc(NS(C)(=O)=O)c1. The number of benzene rings is 2. The minimum absolute atomic E-state index is 0.104. The average Bonchev–Trinajstić information content (AvgIpc) is 2.53. The highest BCUT2D eigenvalue weighted by atomic mass is 79.9. The molecule has 2 N–H and O–H groups in total. The molecule has 0 radical (unpaired) electrons. The Labute approximate surface area is 155 Å². The van der Waals surface area contributed by atoms with Gasteiger partial charge in [-0.1, -0.05) is 28.1 Å². The van der Waals surface area contributed by atoms with Crippen LogP contribution < -0.4 is 14.8 Å². The lowest BCUT2D eigenvalue weighted by atomic mass is 10.1. The van der Waals surface area contributed by atoms with Crippen molar-refractivity contribution in [3.05, 3.63) is 58.6 Å². The summed E-state index contributed by atoms with van der Waals surface area (Å²) >= 11 is 3.33. The predicted molar refractivity (Wildman–Crippen MR) is 101 cm³/mol. The first-order chi connectivity index (χ1) is 11.7. The van der Waals surface area contributed by atoms with Crippen LogP contribution in [0.25, 0.3) is 0 Å². The minimum atomic E-state index is -3.35. The highest BCUT2D eigenvalue weighted by Crippen LogP contribution is 2.19. The van der Waals surface area contributed by atoms with Crippen molar-refractivity contribution in [3.63, 3.8) is 0 Å². The monoisotopic (exact) mass is 426 g/mol. The van der Waals surface area contributed by atoms with Gasteiger partial charge in [-0.2, -0.15) is 0 Å². The number of halogens is 1. The van der Waals surface area contributed by atoms with E-state index in [1.165, 1.54) is 0 Å². The second-order valence-corrected chi connectivity index (χ2v) is 8.20. The summed E-state index contributed by atoms with van der Waals surface area (Å²) in [6, 6.07) is 13.8. The molecule has 134 valence electrons. The highest BCUT2D eigenvalue weighted by molar-refractivity contribution is 9.10. The molecule has 2 aromatic rings. The van der Waals surface area contributed by atoms with Crippen LogP contribution in [0.15, 0.2) is 53.0 Å². The van der Waals surface area contributed by atoms with Gasteiger partial charge in [-0.15, -0.1) is 0 Å². The summed E-state index contributed by atoms with van der Waals surface area (Å²) in [5.74, 6) is 0.335. The van der Waals surface area contributed by atoms with E-state index in [0.717, 1.165) is 16.3 Å². The van der Waals surface area contributed by atoms with Crippen molar-refractivity contribution in [2.24, 2.45) is 0 Å². The maximum Gasteiger partial charge on any atom is 0.258 e. The highest BCUT2D eigenvalue weighted by Gasteiger charge is 2.11. The molecule has 0 saturated heterocycles. The molecule has 0 fully saturated rings. The summed E-state index contributed by atoms with van der Waals surface area (Å²) < 4.78 is 31.4. The zero-order valence-corrected chi connectivity index (χ0v) is 16.2. The van der Waals surface area contributed by atoms with Crippen LogP contribution in [0.4, 0.5) is 5.69 Å². The van der Waals surface area contributed by atoms with Gasteiger partial charge in [-0.25, -0.2) is 8.42 Å². The maximum atomic E-state index is 12.0. The third-order valence-electron chi connectivity index (χ3n) is 3.25. The molecule has 0 aliphatic rings. The predicted octanol–water partition coefficient (Wildman–Crippen LogP) is 3.08. The molecule has 0 unspecified atom stereocenters. The van der Waals surface area contributed by atoms with Gasteiger partial charge in [0.1, 0.15) is 5.75 Å². The second-order valence-electron chi connectivity index (χ2n) is 5.53. The molecule has 0 heterocycles. The van der Waals surface area contributed by atoms with Crippen LogP contribution in [0.5, 0.6) is 5.75 Å². The molecule has 2 rings (SSSR count). The normalized spacial score (nSPS) is 12.3. The molecule has 0 bridgehead atoms. The van der Waals surface area contributed by atoms with Crippen molar-refractivity contribution in [2.75, 3.05) is 17.6 Å². The number of carbonyl (C=O) groups is 1. The van der Waals surface area contributed by atoms with E-state index in [-0.39, 0.29) is 18.6 Å². The van der Waals surface area contributed by atoms with Gasteiger partial charge >= 0.3 is 0 Å². The van der Waals surface area contributed by atoms with E-state index in [4.69, 9.17) is 4.74 Å². The van der Waals surface area contributed by atoms with Crippen LogP contribution in [0, 0.1) is 0 Å². The van der Waals surface area contributed by atoms with Crippen LogP contribution >= 0.6 is 15.9 Å². The third-order valence-corrected chi connectivity index (χ3v) is 4.39. The third kappa shape index (κ3) is 6.75. The summed E-state index contributed by atoms with van der Waals surface area (Å²) in [7, 11) is -3.35. The standard InChI is InChI=1S/C17H19BrN2O4S/c1-12(13-4-3-5-15(10-13)20-25(2,22)23)19-17(21)11-24-16-8-6-14(18)7-9-16/h3-10,12,20H,11H2,1-2H3,(H,19,21)/t12-/m1/s1. The summed E-state index contributed by atoms with van der Waals surface area (Å²) in [5.41, 5.74) is 1.23. The number of rotatable bonds is 7. The van der Waals surface area contributed by atoms with Crippen molar-refractivity contribution in [1.29, 1.82) is 0 Å². The largest absolute Gasteiger partial charge is 0.484 e. The molecule has 2 aromatic carbocycles. The average molecular weight is 427 g/mol. The van der Waals surface area contributed by atoms with Crippen LogP contribution in [0.1, 0.15) is 18.5 Å². The Hall–Kier alpha value is -2.06. The van der Waals surface area contributed by atoms with E-state index >= 15 is 0 Å². The van der Waals surface area contributed by atoms with Crippen molar-refractivity contribution >= 4 is 37.5 Å². The Morgan fingerprint density at radius 2 is 1.88 bits per heavy atom. The number of nitrogens with one attached hydrogen (secondary N) is 2. The van der Waals surface area contributed by atoms with Crippen LogP contribution in [-0.2, 0) is 14.8 Å². The quantitative estimate of drug-likeness (QED) is 0.712. The Morgan fingerprint density at radius 1 is 1.20 bits per heavy atom. The molecule has 6 nitrogen and oxygen atoms in total. The summed E-state index contributed by atoms with van der Waals surface area (Å²) in [4.78, 5) is 12.0. The number of ether oxygens (including phenoxy) is 1. The first-order valence-electron chi connectivity index (χ1n) is 7.48. The molecule has 8 heteroatoms. The van der Waals surface area contributed by atoms with E-state index in [2.05, 4.69) is 26.0 Å². The van der Waals surface area contributed by atoms with Gasteiger partial charge in [0.2, 0.25) is 10.0 Å². The summed E-state index contributed by atoms with van der Waals surface area (Å²) in [5, 5.41) is 2.82. The molecule has 25 heavy (non-hydrogen) atoms. The first kappa shape index (κ1) is 19.3. The molecule has 1 amide bonds. The van der Waals surface area contributed by atoms with Crippen molar-refractivity contribution in [2.45, 2.75) is 13.0 Å². The fourth-order valence-corrected chi connectivity index (χ4v) is 2.95. The molecule has 1 atom stereocenters. The summed E-state index contributed by atoms with van der Waals surface area (Å²) in [6.45, 7) is 1.71. The Bertz CT molecular complexity index is 838. The Morgan fingerprint density at radius 3 is 2.52 bits per heavy atom. The lowest BCUT2D eigenvalue weighted by molar-refractivity contribution is -0.123. The van der Waals surface area contributed by atoms with Gasteiger partial charge in [0.25, 0.3) is 5.91 Å². The molecular weight excluding hydrogens is 408 g/mol. The molecule has 0 aliphatic carbocycles. The number of sulfonamides is 1. The number of hydrogen-bond acceptors (Lipinski definition) is 4. The zero-order valence-electron chi connectivity index (χ0n) is 13.8. The van der Waals surface area contributed by atoms with Crippen LogP contribution in [0.2, 0.25) is 0 Å². The first-order valence-corrected chi connectivity index (χ1v) is 10.2. The van der Waals surface area contributed by atoms with E-state index in [1.807, 2.05) is 25.1 Å². The second kappa shape index (κ2) is 8.35. The van der Waals surface area contributed by atoms with Crippen LogP contribution in [-0.4, -0.2) is 27.2 Å². The van der Waals surface area contributed by atoms with E-state index < -0.39 is 10.0 Å². The summed E-state index contributed by atoms with van der Waals surface area (Å²) in [6.07, 6.45) is 1.09. The Kier molecular flexibility index (Phi) is 6.44. The lowest BCUT2D eigenvalue weighted by Gasteiger charge is -2.16. The molecule has 0 aromatic heterocycles. The van der Waals surface area contributed by atoms with Gasteiger partial charge in [0.15, 0.2) is 6.61 Å². The van der Waals surface area contributed by atoms with Gasteiger partial charge in [-0.3, -0.25) is 9.52 Å². The molecule has 0 aliphatic heterocycles. The van der Waals surface area contributed by atoms with E-state index in [0.29, 0.717) is 11.4 Å². The van der Waals surface area contributed by atoms with Crippen LogP contribution in [0.3, 0.4) is 0 Å². The van der Waals surface area contributed by atoms with Crippen molar-refractivity contribution < 1.29 is 17.9 Å². The Balaban J connectivity index is 1.92. The molecule has 0 saturated carbocycles. The van der Waals surface area contributed by atoms with Gasteiger partial charge < -0.3 is 10.1 Å². The minimum Gasteiger partial charge on any atom is -0.484 e. The fourth-order valence-electron chi connectivity index (χ4n) is 2.13. The number of carbonyl (C=O) groups excluding carboxylic acids is 1. The lowest BCUT2D eigenvalue weighted by Crippen LogP contribution is -2.31. The van der Waals surface area contributed by atoms with E-state index in [1.54, 1.807) is 30.3 Å². The molecule has 0 spiro atoms. The van der Waals surface area contributed by atoms with E-state index in [9.17, 15) is 13.2 Å². The number of amides is 1. The number of hydrogen-bond donors (Lipinski definition) is 2. The van der Waals surface area contributed by atoms with Gasteiger partial charge in [-0.05, 0) is 48.9 Å². The van der Waals surface area contributed by atoms with Crippen molar-refractivity contribution in [1.82, 2.24) is 5.32 Å². The molecular formula is C17H19BrN2O4S. The topological polar surface area (TPSA) is 84.5 Å². The fraction of sp³-hybridized carbons (Fsp3) is 0.235. The zero-order chi connectivity index (χ0) is 18.4.